The van der Waals surface area contributed by atoms with Crippen LogP contribution < -0.4 is 10.2 Å². The molecule has 0 saturated carbocycles. The molecule has 3 saturated heterocycles. The van der Waals surface area contributed by atoms with Gasteiger partial charge in [-0.3, -0.25) is 13.9 Å². The highest BCUT2D eigenvalue weighted by Crippen LogP contribution is 2.42. The molecule has 3 fully saturated rings. The summed E-state index contributed by atoms with van der Waals surface area (Å²) in [4.78, 5) is 28.6. The lowest BCUT2D eigenvalue weighted by molar-refractivity contribution is -0.137. The second-order valence-corrected chi connectivity index (χ2v) is 14.3. The smallest absolute Gasteiger partial charge is 0.378 e. The second-order valence-electron chi connectivity index (χ2n) is 11.7. The number of halogens is 3. The van der Waals surface area contributed by atoms with Gasteiger partial charge in [-0.05, 0) is 43.3 Å². The van der Waals surface area contributed by atoms with E-state index in [0.717, 1.165) is 41.9 Å². The molecule has 0 aliphatic carbocycles. The third-order valence-electron chi connectivity index (χ3n) is 9.03. The van der Waals surface area contributed by atoms with E-state index in [1.165, 1.54) is 6.07 Å². The molecule has 1 amide bonds. The molecule has 4 aliphatic rings. The number of carbonyl (C=O) groups is 1. The highest BCUT2D eigenvalue weighted by atomic mass is 32.2. The maximum Gasteiger partial charge on any atom is 0.420 e. The highest BCUT2D eigenvalue weighted by molar-refractivity contribution is 7.85. The van der Waals surface area contributed by atoms with Gasteiger partial charge in [-0.2, -0.15) is 13.2 Å². The summed E-state index contributed by atoms with van der Waals surface area (Å²) in [6.45, 7) is 6.25. The van der Waals surface area contributed by atoms with Crippen LogP contribution in [0.2, 0.25) is 0 Å². The third kappa shape index (κ3) is 5.62. The predicted octanol–water partition coefficient (Wildman–Crippen LogP) is 4.01. The van der Waals surface area contributed by atoms with Gasteiger partial charge in [0.2, 0.25) is 5.95 Å². The van der Waals surface area contributed by atoms with E-state index in [9.17, 15) is 22.2 Å². The number of amides is 1. The largest absolute Gasteiger partial charge is 0.420 e. The van der Waals surface area contributed by atoms with Crippen molar-refractivity contribution in [3.8, 4) is 10.6 Å². The number of nitrogens with one attached hydrogen (secondary N) is 1. The Morgan fingerprint density at radius 2 is 1.84 bits per heavy atom. The molecule has 1 aromatic carbocycles. The minimum atomic E-state index is -4.74. The first-order valence-corrected chi connectivity index (χ1v) is 17.1. The fourth-order valence-electron chi connectivity index (χ4n) is 6.38. The number of hydrogen-bond acceptors (Lipinski definition) is 10. The Hall–Kier alpha value is -3.11. The summed E-state index contributed by atoms with van der Waals surface area (Å²) in [5.74, 6) is -0.148. The SMILES string of the molecule is CCc1cc(N2CCN(C)C3COCC32)ccc1Nc1ncc(C(F)(F)F)c(-c2cc3c(s2)C(=O)N(C2COC2)CCS3=O)n1. The number of likely N-dealkylation sites (N-methyl/N-ethyl adjacent to an activating group) is 1. The number of rotatable bonds is 6. The minimum absolute atomic E-state index is 0.00593. The lowest BCUT2D eigenvalue weighted by Crippen LogP contribution is -2.58. The molecule has 3 atom stereocenters. The zero-order valence-corrected chi connectivity index (χ0v) is 26.4. The van der Waals surface area contributed by atoms with Crippen molar-refractivity contribution in [3.05, 3.63) is 46.5 Å². The van der Waals surface area contributed by atoms with Crippen LogP contribution >= 0.6 is 11.3 Å². The summed E-state index contributed by atoms with van der Waals surface area (Å²) in [6.07, 6.45) is -3.30. The van der Waals surface area contributed by atoms with Gasteiger partial charge in [0.15, 0.2) is 0 Å². The van der Waals surface area contributed by atoms with Crippen LogP contribution in [0.15, 0.2) is 35.4 Å². The van der Waals surface area contributed by atoms with Crippen molar-refractivity contribution in [1.82, 2.24) is 19.8 Å². The predicted molar refractivity (Wildman–Crippen MR) is 165 cm³/mol. The number of anilines is 3. The molecule has 4 aliphatic heterocycles. The Labute approximate surface area is 265 Å². The summed E-state index contributed by atoms with van der Waals surface area (Å²) >= 11 is 0.885. The zero-order chi connectivity index (χ0) is 31.5. The van der Waals surface area contributed by atoms with Crippen molar-refractivity contribution >= 4 is 45.4 Å². The number of nitrogens with zero attached hydrogens (tertiary/aromatic N) is 5. The molecule has 0 spiro atoms. The summed E-state index contributed by atoms with van der Waals surface area (Å²) in [6, 6.07) is 7.88. The van der Waals surface area contributed by atoms with Gasteiger partial charge in [0.1, 0.15) is 10.4 Å². The number of hydrogen-bond donors (Lipinski definition) is 1. The molecule has 0 bridgehead atoms. The number of carbonyl (C=O) groups excluding carboxylic acids is 1. The third-order valence-corrected chi connectivity index (χ3v) is 11.7. The standard InChI is InChI=1S/C30H33F3N6O4S2/c1-3-17-10-18(38-7-6-37(2)22-15-43-16-23(22)38)4-5-21(17)35-29-34-12-20(30(31,32)33)26(36-29)24-11-25-27(44-24)28(40)39(8-9-45(25)41)19-13-42-14-19/h4-5,10-12,19,22-23H,3,6-9,13-16H2,1-2H3,(H,34,35,36). The van der Waals surface area contributed by atoms with Gasteiger partial charge in [0.05, 0.1) is 70.8 Å². The fourth-order valence-corrected chi connectivity index (χ4v) is 9.00. The topological polar surface area (TPSA) is 100 Å². The summed E-state index contributed by atoms with van der Waals surface area (Å²) in [5.41, 5.74) is 1.34. The Bertz CT molecular complexity index is 1650. The monoisotopic (exact) mass is 662 g/mol. The number of aromatic nitrogens is 2. The Morgan fingerprint density at radius 3 is 2.58 bits per heavy atom. The van der Waals surface area contributed by atoms with Crippen LogP contribution in [0.3, 0.4) is 0 Å². The molecule has 10 nitrogen and oxygen atoms in total. The molecule has 3 unspecified atom stereocenters. The van der Waals surface area contributed by atoms with Gasteiger partial charge in [0, 0.05) is 43.0 Å². The summed E-state index contributed by atoms with van der Waals surface area (Å²) < 4.78 is 66.7. The first-order valence-electron chi connectivity index (χ1n) is 14.9. The normalized spacial score (nSPS) is 24.3. The molecule has 7 rings (SSSR count). The van der Waals surface area contributed by atoms with Crippen molar-refractivity contribution in [2.45, 2.75) is 42.5 Å². The van der Waals surface area contributed by atoms with Crippen molar-refractivity contribution in [2.75, 3.05) is 69.1 Å². The maximum absolute atomic E-state index is 14.2. The van der Waals surface area contributed by atoms with Crippen molar-refractivity contribution in [1.29, 1.82) is 0 Å². The lowest BCUT2D eigenvalue weighted by atomic mass is 10.0. The Morgan fingerprint density at radius 1 is 1.07 bits per heavy atom. The average Bonchev–Trinajstić information content (AvgIpc) is 3.65. The Balaban J connectivity index is 1.21. The number of benzene rings is 1. The van der Waals surface area contributed by atoms with E-state index in [2.05, 4.69) is 38.2 Å². The van der Waals surface area contributed by atoms with Crippen molar-refractivity contribution in [2.24, 2.45) is 0 Å². The van der Waals surface area contributed by atoms with E-state index in [1.54, 1.807) is 4.90 Å². The van der Waals surface area contributed by atoms with Crippen LogP contribution in [0.25, 0.3) is 10.6 Å². The molecule has 45 heavy (non-hydrogen) atoms. The molecular formula is C30H33F3N6O4S2. The highest BCUT2D eigenvalue weighted by Gasteiger charge is 2.41. The van der Waals surface area contributed by atoms with Crippen LogP contribution in [0.4, 0.5) is 30.5 Å². The molecule has 15 heteroatoms. The number of fused-ring (bicyclic) bond motifs is 2. The number of thiophene rings is 1. The van der Waals surface area contributed by atoms with E-state index in [1.807, 2.05) is 19.1 Å². The van der Waals surface area contributed by atoms with Gasteiger partial charge in [-0.1, -0.05) is 6.92 Å². The van der Waals surface area contributed by atoms with Crippen LogP contribution in [-0.2, 0) is 32.9 Å². The number of ether oxygens (including phenoxy) is 2. The molecule has 240 valence electrons. The van der Waals surface area contributed by atoms with Crippen molar-refractivity contribution < 1.29 is 31.6 Å². The zero-order valence-electron chi connectivity index (χ0n) is 24.8. The molecule has 6 heterocycles. The molecular weight excluding hydrogens is 629 g/mol. The van der Waals surface area contributed by atoms with Crippen LogP contribution in [-0.4, -0.2) is 107 Å². The van der Waals surface area contributed by atoms with Gasteiger partial charge >= 0.3 is 6.18 Å². The van der Waals surface area contributed by atoms with Crippen molar-refractivity contribution in [3.63, 3.8) is 0 Å². The second kappa shape index (κ2) is 11.9. The van der Waals surface area contributed by atoms with Crippen LogP contribution in [0, 0.1) is 0 Å². The maximum atomic E-state index is 14.2. The number of aryl methyl sites for hydroxylation is 1. The summed E-state index contributed by atoms with van der Waals surface area (Å²) in [7, 11) is 0.575. The van der Waals surface area contributed by atoms with Gasteiger partial charge in [-0.25, -0.2) is 9.97 Å². The quantitative estimate of drug-likeness (QED) is 0.420. The first kappa shape index (κ1) is 30.5. The average molecular weight is 663 g/mol. The van der Waals surface area contributed by atoms with E-state index >= 15 is 0 Å². The van der Waals surface area contributed by atoms with Crippen LogP contribution in [0.1, 0.15) is 27.7 Å². The van der Waals surface area contributed by atoms with E-state index < -0.39 is 22.5 Å². The Kier molecular flexibility index (Phi) is 8.09. The molecule has 1 N–H and O–H groups in total. The lowest BCUT2D eigenvalue weighted by Gasteiger charge is -2.43. The molecule has 3 aromatic rings. The minimum Gasteiger partial charge on any atom is -0.378 e. The van der Waals surface area contributed by atoms with Crippen LogP contribution in [0.5, 0.6) is 0 Å². The van der Waals surface area contributed by atoms with Gasteiger partial charge < -0.3 is 24.6 Å². The van der Waals surface area contributed by atoms with Gasteiger partial charge in [0.25, 0.3) is 5.91 Å². The first-order chi connectivity index (χ1) is 21.6. The van der Waals surface area contributed by atoms with E-state index in [0.29, 0.717) is 51.1 Å². The summed E-state index contributed by atoms with van der Waals surface area (Å²) in [5, 5.41) is 3.14. The molecule has 0 radical (unpaired) electrons. The number of piperazine rings is 1. The van der Waals surface area contributed by atoms with Gasteiger partial charge in [-0.15, -0.1) is 11.3 Å². The van der Waals surface area contributed by atoms with E-state index in [4.69, 9.17) is 9.47 Å². The fraction of sp³-hybridized carbons (Fsp3) is 0.500. The van der Waals surface area contributed by atoms with E-state index in [-0.39, 0.29) is 50.0 Å². The molecule has 2 aromatic heterocycles. The number of alkyl halides is 3.